The van der Waals surface area contributed by atoms with Crippen molar-refractivity contribution in [3.8, 4) is 11.4 Å². The van der Waals surface area contributed by atoms with E-state index in [0.717, 1.165) is 27.8 Å². The number of aromatic amines is 1. The number of nitrogens with two attached hydrogens (primary N) is 1. The number of hydrogen-bond acceptors (Lipinski definition) is 9. The van der Waals surface area contributed by atoms with E-state index in [4.69, 9.17) is 22.3 Å². The molecule has 1 aliphatic carbocycles. The van der Waals surface area contributed by atoms with E-state index in [-0.39, 0.29) is 5.75 Å². The first-order valence-electron chi connectivity index (χ1n) is 14.4. The van der Waals surface area contributed by atoms with Crippen LogP contribution >= 0.6 is 24.2 Å². The van der Waals surface area contributed by atoms with Crippen molar-refractivity contribution >= 4 is 52.9 Å². The maximum absolute atomic E-state index is 14.9. The predicted molar refractivity (Wildman–Crippen MR) is 179 cm³/mol. The molecule has 6 rings (SSSR count). The van der Waals surface area contributed by atoms with Gasteiger partial charge in [0, 0.05) is 33.9 Å². The average Bonchev–Trinajstić information content (AvgIpc) is 3.58. The monoisotopic (exact) mass is 638 g/mol. The van der Waals surface area contributed by atoms with Crippen molar-refractivity contribution in [1.29, 1.82) is 0 Å². The molecule has 2 heterocycles. The predicted octanol–water partition coefficient (Wildman–Crippen LogP) is 4.25. The van der Waals surface area contributed by atoms with Crippen LogP contribution in [-0.2, 0) is 9.59 Å². The van der Waals surface area contributed by atoms with E-state index < -0.39 is 29.4 Å². The van der Waals surface area contributed by atoms with Crippen molar-refractivity contribution in [3.05, 3.63) is 112 Å². The first-order chi connectivity index (χ1) is 21.8. The summed E-state index contributed by atoms with van der Waals surface area (Å²) in [5.41, 5.74) is 10.9. The Morgan fingerprint density at radius 1 is 1.11 bits per heavy atom. The van der Waals surface area contributed by atoms with Crippen molar-refractivity contribution in [1.82, 2.24) is 25.9 Å². The van der Waals surface area contributed by atoms with Crippen LogP contribution in [0.25, 0.3) is 17.0 Å². The third-order valence-electron chi connectivity index (χ3n) is 8.33. The van der Waals surface area contributed by atoms with E-state index >= 15 is 0 Å². The van der Waals surface area contributed by atoms with Crippen LogP contribution in [0.15, 0.2) is 95.5 Å². The van der Waals surface area contributed by atoms with Gasteiger partial charge in [0.05, 0.1) is 17.4 Å². The third-order valence-corrected chi connectivity index (χ3v) is 8.96. The van der Waals surface area contributed by atoms with Gasteiger partial charge in [-0.1, -0.05) is 78.4 Å². The number of fused-ring (bicyclic) bond motifs is 1. The average molecular weight is 639 g/mol. The normalized spacial score (nSPS) is 20.5. The van der Waals surface area contributed by atoms with Gasteiger partial charge in [-0.2, -0.15) is 17.8 Å². The lowest BCUT2D eigenvalue weighted by molar-refractivity contribution is -0.129. The minimum absolute atomic E-state index is 0.0629. The number of ketones is 1. The Hall–Kier alpha value is -4.42. The number of benzene rings is 3. The molecule has 12 heteroatoms. The van der Waals surface area contributed by atoms with Crippen molar-refractivity contribution in [3.63, 3.8) is 0 Å². The Bertz CT molecular complexity index is 1860. The lowest BCUT2D eigenvalue weighted by atomic mass is 9.81. The summed E-state index contributed by atoms with van der Waals surface area (Å²) in [6.45, 7) is 1.96. The molecular formula is C33H31ClN8O2S. The number of H-pyrrole nitrogens is 1. The second-order valence-corrected chi connectivity index (χ2v) is 11.7. The third kappa shape index (κ3) is 5.42. The van der Waals surface area contributed by atoms with Crippen LogP contribution in [0.5, 0.6) is 0 Å². The molecule has 2 aliphatic rings. The molecule has 0 saturated heterocycles. The molecule has 45 heavy (non-hydrogen) atoms. The topological polar surface area (TPSA) is 142 Å². The van der Waals surface area contributed by atoms with E-state index in [1.807, 2.05) is 73.7 Å². The number of amides is 1. The summed E-state index contributed by atoms with van der Waals surface area (Å²) in [7, 11) is 1.80. The quantitative estimate of drug-likeness (QED) is 0.167. The van der Waals surface area contributed by atoms with Gasteiger partial charge in [0.2, 0.25) is 5.82 Å². The van der Waals surface area contributed by atoms with Crippen LogP contribution in [-0.4, -0.2) is 68.6 Å². The summed E-state index contributed by atoms with van der Waals surface area (Å²) in [6, 6.07) is 20.1. The maximum Gasteiger partial charge on any atom is 0.261 e. The smallest absolute Gasteiger partial charge is 0.261 e. The maximum atomic E-state index is 14.9. The number of allylic oxidation sites excluding steroid dienone is 2. The highest BCUT2D eigenvalue weighted by atomic mass is 35.5. The lowest BCUT2D eigenvalue weighted by Crippen LogP contribution is -2.64. The number of carbonyl (C=O) groups excluding carboxylic acids is 2. The first-order valence-corrected chi connectivity index (χ1v) is 15.4. The number of nitrogens with zero attached hydrogens (tertiary/aromatic N) is 5. The highest BCUT2D eigenvalue weighted by molar-refractivity contribution is 7.80. The zero-order valence-corrected chi connectivity index (χ0v) is 26.3. The van der Waals surface area contributed by atoms with Gasteiger partial charge < -0.3 is 5.73 Å². The molecular weight excluding hydrogens is 608 g/mol. The number of halogens is 1. The number of thiol groups is 1. The second-order valence-electron chi connectivity index (χ2n) is 10.9. The van der Waals surface area contributed by atoms with Crippen LogP contribution < -0.4 is 16.0 Å². The molecule has 0 bridgehead atoms. The summed E-state index contributed by atoms with van der Waals surface area (Å²) in [6.07, 6.45) is 4.35. The molecule has 1 aliphatic heterocycles. The summed E-state index contributed by atoms with van der Waals surface area (Å²) in [5, 5.41) is 18.6. The van der Waals surface area contributed by atoms with Gasteiger partial charge in [0.25, 0.3) is 5.91 Å². The van der Waals surface area contributed by atoms with Crippen LogP contribution in [0.2, 0.25) is 5.02 Å². The zero-order valence-electron chi connectivity index (χ0n) is 24.6. The first kappa shape index (κ1) is 30.6. The van der Waals surface area contributed by atoms with E-state index in [9.17, 15) is 9.59 Å². The standard InChI is InChI=1S/C33H31ClN8O2S/c1-19-12-13-21(23-10-6-7-11-24(23)31-38-40-41-39-31)17-33(19,36-2)42-27-15-14-22(34)16-25(27)28(20-8-4-3-5-9-20)37-29(32(42)44)30(43)26(35)18-45/h3-16,26,29,36,45H,17-18,35H2,1-2H3,(H,38,39,40,41). The Balaban J connectivity index is 1.57. The Morgan fingerprint density at radius 2 is 1.84 bits per heavy atom. The fraction of sp³-hybridized carbons (Fsp3) is 0.212. The molecule has 3 atom stereocenters. The number of hydrogen-bond donors (Lipinski definition) is 4. The van der Waals surface area contributed by atoms with Crippen LogP contribution in [0.4, 0.5) is 5.69 Å². The molecule has 1 amide bonds. The van der Waals surface area contributed by atoms with Crippen LogP contribution in [0.3, 0.4) is 0 Å². The number of tetrazole rings is 1. The zero-order chi connectivity index (χ0) is 31.7. The van der Waals surface area contributed by atoms with E-state index in [0.29, 0.717) is 34.2 Å². The molecule has 3 aromatic carbocycles. The molecule has 0 spiro atoms. The summed E-state index contributed by atoms with van der Waals surface area (Å²) < 4.78 is 0. The Labute approximate surface area is 270 Å². The number of nitrogens with one attached hydrogen (secondary N) is 2. The summed E-state index contributed by atoms with van der Waals surface area (Å²) in [4.78, 5) is 35.2. The number of Topliss-reactive ketones (excluding diaryl/α,β-unsaturated/α-hetero) is 1. The SMILES string of the molecule is CNC1(N2C(=O)C(C(=O)C(N)CS)N=C(c3ccccc3)c3cc(Cl)ccc32)CC(c2ccccc2-c2nn[nH]n2)=CC=C1C. The summed E-state index contributed by atoms with van der Waals surface area (Å²) >= 11 is 10.8. The molecule has 1 aromatic heterocycles. The number of benzodiazepines with no additional fused rings is 1. The number of likely N-dealkylation sites (N-methyl/N-ethyl adjacent to an activating group) is 1. The van der Waals surface area contributed by atoms with Gasteiger partial charge in [-0.15, -0.1) is 10.2 Å². The van der Waals surface area contributed by atoms with Crippen LogP contribution in [0.1, 0.15) is 30.0 Å². The van der Waals surface area contributed by atoms with Crippen molar-refractivity contribution in [2.75, 3.05) is 17.7 Å². The highest BCUT2D eigenvalue weighted by Crippen LogP contribution is 2.44. The molecule has 0 saturated carbocycles. The molecule has 3 unspecified atom stereocenters. The van der Waals surface area contributed by atoms with Crippen molar-refractivity contribution in [2.24, 2.45) is 10.7 Å². The summed E-state index contributed by atoms with van der Waals surface area (Å²) in [5.74, 6) is -0.519. The fourth-order valence-electron chi connectivity index (χ4n) is 5.99. The molecule has 4 aromatic rings. The second kappa shape index (κ2) is 12.5. The van der Waals surface area contributed by atoms with Gasteiger partial charge in [0.1, 0.15) is 5.66 Å². The van der Waals surface area contributed by atoms with Gasteiger partial charge in [-0.3, -0.25) is 24.8 Å². The van der Waals surface area contributed by atoms with Gasteiger partial charge >= 0.3 is 0 Å². The number of aromatic nitrogens is 4. The molecule has 4 N–H and O–H groups in total. The number of rotatable bonds is 8. The Morgan fingerprint density at radius 3 is 2.53 bits per heavy atom. The van der Waals surface area contributed by atoms with Gasteiger partial charge in [0.15, 0.2) is 11.8 Å². The van der Waals surface area contributed by atoms with Crippen molar-refractivity contribution < 1.29 is 9.59 Å². The number of anilines is 1. The Kier molecular flexibility index (Phi) is 8.52. The van der Waals surface area contributed by atoms with Gasteiger partial charge in [-0.25, -0.2) is 0 Å². The minimum atomic E-state index is -1.42. The molecule has 0 fully saturated rings. The number of carbonyl (C=O) groups is 2. The van der Waals surface area contributed by atoms with Crippen molar-refractivity contribution in [2.45, 2.75) is 31.1 Å². The van der Waals surface area contributed by atoms with E-state index in [1.54, 1.807) is 30.1 Å². The van der Waals surface area contributed by atoms with Crippen LogP contribution in [0, 0.1) is 0 Å². The fourth-order valence-corrected chi connectivity index (χ4v) is 6.35. The molecule has 10 nitrogen and oxygen atoms in total. The lowest BCUT2D eigenvalue weighted by Gasteiger charge is -2.47. The van der Waals surface area contributed by atoms with E-state index in [1.165, 1.54) is 0 Å². The molecule has 228 valence electrons. The minimum Gasteiger partial charge on any atom is -0.321 e. The molecule has 0 radical (unpaired) electrons. The highest BCUT2D eigenvalue weighted by Gasteiger charge is 2.49. The van der Waals surface area contributed by atoms with Gasteiger partial charge in [-0.05, 0) is 54.1 Å². The largest absolute Gasteiger partial charge is 0.321 e. The van der Waals surface area contributed by atoms with E-state index in [2.05, 4.69) is 38.6 Å². The number of aliphatic imine (C=N–C) groups is 1.